The first kappa shape index (κ1) is 20.8. The van der Waals surface area contributed by atoms with E-state index in [2.05, 4.69) is 20.1 Å². The predicted octanol–water partition coefficient (Wildman–Crippen LogP) is 4.18. The van der Waals surface area contributed by atoms with E-state index in [9.17, 15) is 4.79 Å². The van der Waals surface area contributed by atoms with E-state index in [4.69, 9.17) is 4.74 Å². The molecule has 8 nitrogen and oxygen atoms in total. The predicted molar refractivity (Wildman–Crippen MR) is 123 cm³/mol. The third-order valence-electron chi connectivity index (χ3n) is 5.69. The largest absolute Gasteiger partial charge is 0.439 e. The van der Waals surface area contributed by atoms with Crippen LogP contribution in [0.1, 0.15) is 40.6 Å². The Morgan fingerprint density at radius 3 is 2.55 bits per heavy atom. The summed E-state index contributed by atoms with van der Waals surface area (Å²) in [5, 5.41) is 4.16. The average molecular weight is 441 g/mol. The van der Waals surface area contributed by atoms with Gasteiger partial charge in [0.15, 0.2) is 5.82 Å². The monoisotopic (exact) mass is 440 g/mol. The van der Waals surface area contributed by atoms with Crippen LogP contribution < -0.4 is 4.74 Å². The lowest BCUT2D eigenvalue weighted by molar-refractivity contribution is 0.0710. The number of hydrogen-bond donors (Lipinski definition) is 0. The molecule has 0 radical (unpaired) electrons. The molecule has 1 fully saturated rings. The second kappa shape index (κ2) is 9.20. The SMILES string of the molecule is Cc1cc(Oc2ccccc2)nc(C2CCN(C(=O)c3ccc(-n4cccn4)nc3)CC2)n1. The number of carbonyl (C=O) groups is 1. The molecule has 5 rings (SSSR count). The lowest BCUT2D eigenvalue weighted by Crippen LogP contribution is -2.38. The van der Waals surface area contributed by atoms with Crippen LogP contribution in [0, 0.1) is 6.92 Å². The normalized spacial score (nSPS) is 14.3. The molecule has 1 saturated heterocycles. The molecule has 0 aliphatic carbocycles. The summed E-state index contributed by atoms with van der Waals surface area (Å²) < 4.78 is 7.58. The van der Waals surface area contributed by atoms with Gasteiger partial charge in [0.2, 0.25) is 5.88 Å². The average Bonchev–Trinajstić information content (AvgIpc) is 3.39. The minimum Gasteiger partial charge on any atom is -0.439 e. The van der Waals surface area contributed by atoms with Gasteiger partial charge in [0.25, 0.3) is 5.91 Å². The van der Waals surface area contributed by atoms with Gasteiger partial charge in [-0.2, -0.15) is 10.1 Å². The molecule has 0 spiro atoms. The first-order valence-electron chi connectivity index (χ1n) is 11.0. The van der Waals surface area contributed by atoms with E-state index in [1.165, 1.54) is 0 Å². The highest BCUT2D eigenvalue weighted by Gasteiger charge is 2.27. The molecule has 1 aliphatic heterocycles. The van der Waals surface area contributed by atoms with Crippen LogP contribution in [0.2, 0.25) is 0 Å². The van der Waals surface area contributed by atoms with Crippen LogP contribution >= 0.6 is 0 Å². The maximum absolute atomic E-state index is 13.0. The fourth-order valence-corrected chi connectivity index (χ4v) is 3.98. The summed E-state index contributed by atoms with van der Waals surface area (Å²) in [7, 11) is 0. The summed E-state index contributed by atoms with van der Waals surface area (Å²) in [5.74, 6) is 2.93. The molecule has 4 aromatic rings. The van der Waals surface area contributed by atoms with Gasteiger partial charge < -0.3 is 9.64 Å². The second-order valence-electron chi connectivity index (χ2n) is 8.04. The van der Waals surface area contributed by atoms with Crippen molar-refractivity contribution >= 4 is 5.91 Å². The van der Waals surface area contributed by atoms with Crippen molar-refractivity contribution in [3.63, 3.8) is 0 Å². The van der Waals surface area contributed by atoms with Gasteiger partial charge in [-0.05, 0) is 50.1 Å². The van der Waals surface area contributed by atoms with E-state index in [-0.39, 0.29) is 11.8 Å². The molecule has 166 valence electrons. The zero-order valence-electron chi connectivity index (χ0n) is 18.3. The number of aryl methyl sites for hydroxylation is 1. The van der Waals surface area contributed by atoms with Crippen molar-refractivity contribution in [3.05, 3.63) is 90.3 Å². The summed E-state index contributed by atoms with van der Waals surface area (Å²) in [5.41, 5.74) is 1.45. The topological polar surface area (TPSA) is 86.0 Å². The molecule has 1 aromatic carbocycles. The van der Waals surface area contributed by atoms with Crippen LogP contribution in [0.5, 0.6) is 11.6 Å². The van der Waals surface area contributed by atoms with Crippen molar-refractivity contribution in [1.29, 1.82) is 0 Å². The highest BCUT2D eigenvalue weighted by Crippen LogP contribution is 2.29. The maximum Gasteiger partial charge on any atom is 0.255 e. The minimum absolute atomic E-state index is 0.00812. The Labute approximate surface area is 191 Å². The zero-order chi connectivity index (χ0) is 22.6. The van der Waals surface area contributed by atoms with Crippen LogP contribution in [0.4, 0.5) is 0 Å². The summed E-state index contributed by atoms with van der Waals surface area (Å²) in [6, 6.07) is 16.9. The summed E-state index contributed by atoms with van der Waals surface area (Å²) in [4.78, 5) is 28.5. The molecule has 0 N–H and O–H groups in total. The van der Waals surface area contributed by atoms with Crippen LogP contribution in [-0.4, -0.2) is 48.6 Å². The number of rotatable bonds is 5. The standard InChI is InChI=1S/C25H24N6O2/c1-18-16-23(33-21-6-3-2-4-7-21)29-24(28-18)19-10-14-30(15-11-19)25(32)20-8-9-22(26-17-20)31-13-5-12-27-31/h2-9,12-13,16-17,19H,10-11,14-15H2,1H3. The fraction of sp³-hybridized carbons (Fsp3) is 0.240. The summed E-state index contributed by atoms with van der Waals surface area (Å²) >= 11 is 0. The van der Waals surface area contributed by atoms with Gasteiger partial charge in [-0.25, -0.2) is 14.6 Å². The molecule has 0 bridgehead atoms. The number of pyridine rings is 1. The number of ether oxygens (including phenoxy) is 1. The van der Waals surface area contributed by atoms with Crippen molar-refractivity contribution in [1.82, 2.24) is 29.6 Å². The van der Waals surface area contributed by atoms with Gasteiger partial charge in [-0.3, -0.25) is 4.79 Å². The number of benzene rings is 1. The molecule has 4 heterocycles. The molecule has 1 amide bonds. The number of para-hydroxylation sites is 1. The second-order valence-corrected chi connectivity index (χ2v) is 8.04. The first-order valence-corrected chi connectivity index (χ1v) is 11.0. The van der Waals surface area contributed by atoms with Gasteiger partial charge in [-0.1, -0.05) is 18.2 Å². The molecule has 8 heteroatoms. The zero-order valence-corrected chi connectivity index (χ0v) is 18.3. The minimum atomic E-state index is -0.00812. The number of amides is 1. The van der Waals surface area contributed by atoms with E-state index in [0.717, 1.165) is 30.1 Å². The number of piperidine rings is 1. The number of nitrogens with zero attached hydrogens (tertiary/aromatic N) is 6. The van der Waals surface area contributed by atoms with E-state index in [1.807, 2.05) is 66.6 Å². The van der Waals surface area contributed by atoms with Crippen LogP contribution in [0.15, 0.2) is 73.2 Å². The molecular formula is C25H24N6O2. The van der Waals surface area contributed by atoms with Crippen molar-refractivity contribution in [2.24, 2.45) is 0 Å². The lowest BCUT2D eigenvalue weighted by Gasteiger charge is -2.31. The number of carbonyl (C=O) groups excluding carboxylic acids is 1. The van der Waals surface area contributed by atoms with Gasteiger partial charge >= 0.3 is 0 Å². The lowest BCUT2D eigenvalue weighted by atomic mass is 9.95. The van der Waals surface area contributed by atoms with E-state index in [0.29, 0.717) is 30.4 Å². The molecule has 0 unspecified atom stereocenters. The first-order chi connectivity index (χ1) is 16.2. The number of hydrogen-bond acceptors (Lipinski definition) is 6. The van der Waals surface area contributed by atoms with Crippen molar-refractivity contribution in [2.45, 2.75) is 25.7 Å². The van der Waals surface area contributed by atoms with E-state index in [1.54, 1.807) is 23.1 Å². The van der Waals surface area contributed by atoms with Crippen LogP contribution in [0.3, 0.4) is 0 Å². The molecule has 1 aliphatic rings. The van der Waals surface area contributed by atoms with Crippen molar-refractivity contribution < 1.29 is 9.53 Å². The smallest absolute Gasteiger partial charge is 0.255 e. The third-order valence-corrected chi connectivity index (χ3v) is 5.69. The third kappa shape index (κ3) is 4.74. The van der Waals surface area contributed by atoms with Gasteiger partial charge in [-0.15, -0.1) is 0 Å². The van der Waals surface area contributed by atoms with E-state index >= 15 is 0 Å². The molecule has 0 atom stereocenters. The molecule has 0 saturated carbocycles. The summed E-state index contributed by atoms with van der Waals surface area (Å²) in [6.07, 6.45) is 6.73. The Hall–Kier alpha value is -4.07. The van der Waals surface area contributed by atoms with Gasteiger partial charge in [0, 0.05) is 49.4 Å². The number of aromatic nitrogens is 5. The van der Waals surface area contributed by atoms with Gasteiger partial charge in [0.05, 0.1) is 5.56 Å². The quantitative estimate of drug-likeness (QED) is 0.463. The highest BCUT2D eigenvalue weighted by atomic mass is 16.5. The van der Waals surface area contributed by atoms with E-state index < -0.39 is 0 Å². The maximum atomic E-state index is 13.0. The number of likely N-dealkylation sites (tertiary alicyclic amines) is 1. The molecular weight excluding hydrogens is 416 g/mol. The fourth-order valence-electron chi connectivity index (χ4n) is 3.98. The Balaban J connectivity index is 1.23. The van der Waals surface area contributed by atoms with Crippen molar-refractivity contribution in [2.75, 3.05) is 13.1 Å². The highest BCUT2D eigenvalue weighted by molar-refractivity contribution is 5.94. The van der Waals surface area contributed by atoms with Crippen molar-refractivity contribution in [3.8, 4) is 17.4 Å². The summed E-state index contributed by atoms with van der Waals surface area (Å²) in [6.45, 7) is 3.24. The Kier molecular flexibility index (Phi) is 5.80. The molecule has 33 heavy (non-hydrogen) atoms. The van der Waals surface area contributed by atoms with Crippen LogP contribution in [0.25, 0.3) is 5.82 Å². The van der Waals surface area contributed by atoms with Crippen LogP contribution in [-0.2, 0) is 0 Å². The van der Waals surface area contributed by atoms with Gasteiger partial charge in [0.1, 0.15) is 11.6 Å². The molecule has 3 aromatic heterocycles. The Morgan fingerprint density at radius 2 is 1.85 bits per heavy atom. The Morgan fingerprint density at radius 1 is 1.03 bits per heavy atom. The Bertz CT molecular complexity index is 1220.